The molecule has 27 heavy (non-hydrogen) atoms. The van der Waals surface area contributed by atoms with Crippen molar-refractivity contribution in [1.82, 2.24) is 15.2 Å². The molecule has 2 aromatic rings. The van der Waals surface area contributed by atoms with Gasteiger partial charge in [0.05, 0.1) is 18.2 Å². The SMILES string of the molecule is COc1ccc2cc(C(=O)N[C@H](C)C(=O)N3CCC4(CC3)CC4)cnc2c1. The standard InChI is InChI=1S/C21H25N3O3/c1-14(20(26)24-9-7-21(5-6-21)8-10-24)23-19(25)16-11-15-3-4-17(27-2)12-18(15)22-13-16/h3-4,11-14H,5-10H2,1-2H3,(H,23,25)/t14-/m1/s1. The normalized spacial score (nSPS) is 19.0. The van der Waals surface area contributed by atoms with Crippen LogP contribution in [0.4, 0.5) is 0 Å². The molecule has 1 N–H and O–H groups in total. The summed E-state index contributed by atoms with van der Waals surface area (Å²) in [4.78, 5) is 31.5. The molecule has 0 unspecified atom stereocenters. The molecule has 2 aliphatic rings. The van der Waals surface area contributed by atoms with E-state index in [2.05, 4.69) is 10.3 Å². The van der Waals surface area contributed by atoms with Crippen molar-refractivity contribution in [2.75, 3.05) is 20.2 Å². The van der Waals surface area contributed by atoms with E-state index in [1.54, 1.807) is 20.1 Å². The number of aromatic nitrogens is 1. The number of nitrogens with zero attached hydrogens (tertiary/aromatic N) is 2. The Labute approximate surface area is 158 Å². The summed E-state index contributed by atoms with van der Waals surface area (Å²) in [5.41, 5.74) is 1.74. The average molecular weight is 367 g/mol. The van der Waals surface area contributed by atoms with E-state index in [1.807, 2.05) is 23.1 Å². The number of nitrogens with one attached hydrogen (secondary N) is 1. The van der Waals surface area contributed by atoms with E-state index in [0.29, 0.717) is 11.0 Å². The Hall–Kier alpha value is -2.63. The zero-order valence-corrected chi connectivity index (χ0v) is 15.8. The minimum absolute atomic E-state index is 0.00247. The van der Waals surface area contributed by atoms with Crippen LogP contribution in [-0.2, 0) is 4.79 Å². The summed E-state index contributed by atoms with van der Waals surface area (Å²) >= 11 is 0. The lowest BCUT2D eigenvalue weighted by atomic mass is 9.93. The highest BCUT2D eigenvalue weighted by atomic mass is 16.5. The second-order valence-electron chi connectivity index (χ2n) is 7.80. The first-order valence-corrected chi connectivity index (χ1v) is 9.53. The van der Waals surface area contributed by atoms with Crippen molar-refractivity contribution >= 4 is 22.7 Å². The summed E-state index contributed by atoms with van der Waals surface area (Å²) in [6.07, 6.45) is 6.34. The van der Waals surface area contributed by atoms with Gasteiger partial charge in [-0.1, -0.05) is 0 Å². The number of ether oxygens (including phenoxy) is 1. The Balaban J connectivity index is 1.40. The third-order valence-electron chi connectivity index (χ3n) is 5.96. The summed E-state index contributed by atoms with van der Waals surface area (Å²) in [5.74, 6) is 0.440. The summed E-state index contributed by atoms with van der Waals surface area (Å²) in [7, 11) is 1.61. The molecule has 1 aliphatic heterocycles. The zero-order valence-electron chi connectivity index (χ0n) is 15.8. The van der Waals surface area contributed by atoms with E-state index in [1.165, 1.54) is 19.0 Å². The maximum absolute atomic E-state index is 12.7. The molecule has 1 aromatic heterocycles. The van der Waals surface area contributed by atoms with Crippen LogP contribution < -0.4 is 10.1 Å². The minimum Gasteiger partial charge on any atom is -0.497 e. The molecule has 6 nitrogen and oxygen atoms in total. The lowest BCUT2D eigenvalue weighted by Gasteiger charge is -2.33. The Morgan fingerprint density at radius 2 is 1.93 bits per heavy atom. The largest absolute Gasteiger partial charge is 0.497 e. The molecule has 0 radical (unpaired) electrons. The van der Waals surface area contributed by atoms with Gasteiger partial charge in [-0.25, -0.2) is 0 Å². The molecule has 142 valence electrons. The number of pyridine rings is 1. The first-order valence-electron chi connectivity index (χ1n) is 9.53. The molecule has 2 amide bonds. The molecule has 6 heteroatoms. The van der Waals surface area contributed by atoms with Crippen LogP contribution in [0.25, 0.3) is 10.9 Å². The smallest absolute Gasteiger partial charge is 0.253 e. The molecule has 1 aliphatic carbocycles. The Bertz CT molecular complexity index is 881. The second kappa shape index (κ2) is 6.83. The number of fused-ring (bicyclic) bond motifs is 1. The highest BCUT2D eigenvalue weighted by molar-refractivity contribution is 5.99. The molecular weight excluding hydrogens is 342 g/mol. The van der Waals surface area contributed by atoms with E-state index in [-0.39, 0.29) is 11.8 Å². The maximum atomic E-state index is 12.7. The lowest BCUT2D eigenvalue weighted by molar-refractivity contribution is -0.134. The van der Waals surface area contributed by atoms with Gasteiger partial charge >= 0.3 is 0 Å². The molecule has 1 saturated heterocycles. The highest BCUT2D eigenvalue weighted by Crippen LogP contribution is 2.53. The number of hydrogen-bond acceptors (Lipinski definition) is 4. The van der Waals surface area contributed by atoms with Gasteiger partial charge < -0.3 is 15.0 Å². The van der Waals surface area contributed by atoms with Gasteiger partial charge in [0.1, 0.15) is 11.8 Å². The van der Waals surface area contributed by atoms with E-state index in [0.717, 1.165) is 42.6 Å². The first kappa shape index (κ1) is 17.8. The summed E-state index contributed by atoms with van der Waals surface area (Å²) in [6, 6.07) is 6.77. The molecule has 1 aromatic carbocycles. The van der Waals surface area contributed by atoms with E-state index >= 15 is 0 Å². The van der Waals surface area contributed by atoms with Crippen molar-refractivity contribution < 1.29 is 14.3 Å². The van der Waals surface area contributed by atoms with Gasteiger partial charge in [0.2, 0.25) is 5.91 Å². The van der Waals surface area contributed by atoms with Crippen molar-refractivity contribution in [3.63, 3.8) is 0 Å². The lowest BCUT2D eigenvalue weighted by Crippen LogP contribution is -2.49. The Kier molecular flexibility index (Phi) is 4.50. The number of likely N-dealkylation sites (tertiary alicyclic amines) is 1. The summed E-state index contributed by atoms with van der Waals surface area (Å²) < 4.78 is 5.19. The fourth-order valence-corrected chi connectivity index (χ4v) is 3.85. The van der Waals surface area contributed by atoms with Crippen LogP contribution in [0.5, 0.6) is 5.75 Å². The molecule has 2 heterocycles. The first-order chi connectivity index (χ1) is 13.0. The van der Waals surface area contributed by atoms with E-state index < -0.39 is 6.04 Å². The van der Waals surface area contributed by atoms with Crippen LogP contribution in [0.3, 0.4) is 0 Å². The third-order valence-corrected chi connectivity index (χ3v) is 5.96. The number of amides is 2. The van der Waals surface area contributed by atoms with Crippen LogP contribution in [0.15, 0.2) is 30.5 Å². The number of rotatable bonds is 4. The number of benzene rings is 1. The number of carbonyl (C=O) groups excluding carboxylic acids is 2. The molecule has 1 spiro atoms. The Morgan fingerprint density at radius 3 is 2.59 bits per heavy atom. The van der Waals surface area contributed by atoms with E-state index in [4.69, 9.17) is 4.74 Å². The van der Waals surface area contributed by atoms with Gasteiger partial charge in [-0.05, 0) is 56.2 Å². The minimum atomic E-state index is -0.544. The molecule has 1 saturated carbocycles. The average Bonchev–Trinajstić information content (AvgIpc) is 3.45. The number of methoxy groups -OCH3 is 1. The Morgan fingerprint density at radius 1 is 1.19 bits per heavy atom. The highest BCUT2D eigenvalue weighted by Gasteiger charge is 2.45. The molecule has 0 bridgehead atoms. The van der Waals surface area contributed by atoms with Crippen molar-refractivity contribution in [3.05, 3.63) is 36.0 Å². The fraction of sp³-hybridized carbons (Fsp3) is 0.476. The summed E-state index contributed by atoms with van der Waals surface area (Å²) in [6.45, 7) is 3.36. The molecular formula is C21H25N3O3. The number of carbonyl (C=O) groups is 2. The van der Waals surface area contributed by atoms with Crippen molar-refractivity contribution in [2.24, 2.45) is 5.41 Å². The summed E-state index contributed by atoms with van der Waals surface area (Å²) in [5, 5.41) is 3.68. The topological polar surface area (TPSA) is 71.5 Å². The fourth-order valence-electron chi connectivity index (χ4n) is 3.85. The maximum Gasteiger partial charge on any atom is 0.253 e. The van der Waals surface area contributed by atoms with Crippen molar-refractivity contribution in [2.45, 2.75) is 38.6 Å². The van der Waals surface area contributed by atoms with Crippen LogP contribution in [0, 0.1) is 5.41 Å². The van der Waals surface area contributed by atoms with Crippen LogP contribution in [-0.4, -0.2) is 47.9 Å². The number of hydrogen-bond donors (Lipinski definition) is 1. The van der Waals surface area contributed by atoms with Gasteiger partial charge in [0.15, 0.2) is 0 Å². The molecule has 1 atom stereocenters. The van der Waals surface area contributed by atoms with Crippen LogP contribution in [0.2, 0.25) is 0 Å². The zero-order chi connectivity index (χ0) is 19.0. The van der Waals surface area contributed by atoms with Gasteiger partial charge in [0, 0.05) is 30.7 Å². The van der Waals surface area contributed by atoms with Gasteiger partial charge in [-0.2, -0.15) is 0 Å². The number of piperidine rings is 1. The quantitative estimate of drug-likeness (QED) is 0.902. The van der Waals surface area contributed by atoms with Gasteiger partial charge in [0.25, 0.3) is 5.91 Å². The second-order valence-corrected chi connectivity index (χ2v) is 7.80. The van der Waals surface area contributed by atoms with Gasteiger partial charge in [-0.15, -0.1) is 0 Å². The third kappa shape index (κ3) is 3.61. The van der Waals surface area contributed by atoms with Crippen molar-refractivity contribution in [1.29, 1.82) is 0 Å². The van der Waals surface area contributed by atoms with Crippen LogP contribution in [0.1, 0.15) is 43.0 Å². The van der Waals surface area contributed by atoms with Crippen LogP contribution >= 0.6 is 0 Å². The molecule has 4 rings (SSSR count). The van der Waals surface area contributed by atoms with Gasteiger partial charge in [-0.3, -0.25) is 14.6 Å². The predicted molar refractivity (Wildman–Crippen MR) is 103 cm³/mol. The van der Waals surface area contributed by atoms with E-state index in [9.17, 15) is 9.59 Å². The molecule has 2 fully saturated rings. The predicted octanol–water partition coefficient (Wildman–Crippen LogP) is 2.76. The monoisotopic (exact) mass is 367 g/mol. The van der Waals surface area contributed by atoms with Crippen molar-refractivity contribution in [3.8, 4) is 5.75 Å².